The van der Waals surface area contributed by atoms with Crippen molar-refractivity contribution in [3.05, 3.63) is 76.4 Å². The van der Waals surface area contributed by atoms with E-state index in [0.29, 0.717) is 17.1 Å². The third-order valence-corrected chi connectivity index (χ3v) is 4.73. The second-order valence-electron chi connectivity index (χ2n) is 7.12. The van der Waals surface area contributed by atoms with Crippen LogP contribution in [0.4, 0.5) is 10.1 Å². The number of nitrogens with zero attached hydrogens (tertiary/aromatic N) is 1. The van der Waals surface area contributed by atoms with Crippen LogP contribution in [0.1, 0.15) is 39.9 Å². The number of hydrogen-bond acceptors (Lipinski definition) is 6. The summed E-state index contributed by atoms with van der Waals surface area (Å²) >= 11 is 0. The normalized spacial score (nSPS) is 11.6. The zero-order chi connectivity index (χ0) is 22.5. The van der Waals surface area contributed by atoms with E-state index in [1.807, 2.05) is 6.92 Å². The third-order valence-electron chi connectivity index (χ3n) is 4.73. The van der Waals surface area contributed by atoms with Crippen molar-refractivity contribution in [1.82, 2.24) is 5.16 Å². The molecule has 1 amide bonds. The summed E-state index contributed by atoms with van der Waals surface area (Å²) in [5.41, 5.74) is 2.56. The molecule has 31 heavy (non-hydrogen) atoms. The van der Waals surface area contributed by atoms with Gasteiger partial charge in [0.15, 0.2) is 6.10 Å². The molecule has 162 valence electrons. The molecule has 0 radical (unpaired) electrons. The van der Waals surface area contributed by atoms with Crippen molar-refractivity contribution in [2.75, 3.05) is 5.32 Å². The Kier molecular flexibility index (Phi) is 6.69. The average Bonchev–Trinajstić information content (AvgIpc) is 3.06. The van der Waals surface area contributed by atoms with Crippen LogP contribution in [0.5, 0.6) is 5.75 Å². The Balaban J connectivity index is 1.59. The van der Waals surface area contributed by atoms with E-state index in [4.69, 9.17) is 14.0 Å². The van der Waals surface area contributed by atoms with Crippen molar-refractivity contribution >= 4 is 17.6 Å². The number of halogens is 1. The summed E-state index contributed by atoms with van der Waals surface area (Å²) in [4.78, 5) is 24.8. The minimum absolute atomic E-state index is 0.234. The van der Waals surface area contributed by atoms with Crippen LogP contribution < -0.4 is 10.1 Å². The quantitative estimate of drug-likeness (QED) is 0.560. The molecule has 0 fully saturated rings. The molecule has 0 aliphatic rings. The Morgan fingerprint density at radius 2 is 1.94 bits per heavy atom. The Labute approximate surface area is 179 Å². The van der Waals surface area contributed by atoms with Crippen molar-refractivity contribution in [3.8, 4) is 5.75 Å². The third kappa shape index (κ3) is 5.48. The van der Waals surface area contributed by atoms with E-state index in [1.165, 1.54) is 19.1 Å². The van der Waals surface area contributed by atoms with Crippen LogP contribution in [0.15, 0.2) is 47.0 Å². The van der Waals surface area contributed by atoms with Gasteiger partial charge >= 0.3 is 5.97 Å². The molecule has 0 spiro atoms. The van der Waals surface area contributed by atoms with Gasteiger partial charge in [-0.25, -0.2) is 9.18 Å². The number of esters is 1. The van der Waals surface area contributed by atoms with E-state index in [-0.39, 0.29) is 17.9 Å². The van der Waals surface area contributed by atoms with Gasteiger partial charge in [0.25, 0.3) is 5.91 Å². The number of nitrogens with one attached hydrogen (secondary N) is 1. The predicted octanol–water partition coefficient (Wildman–Crippen LogP) is 4.50. The maximum absolute atomic E-state index is 13.6. The minimum atomic E-state index is -1.08. The molecule has 1 aromatic heterocycles. The number of amides is 1. The Morgan fingerprint density at radius 1 is 1.16 bits per heavy atom. The van der Waals surface area contributed by atoms with Crippen LogP contribution in [0.3, 0.4) is 0 Å². The van der Waals surface area contributed by atoms with E-state index in [1.54, 1.807) is 44.2 Å². The molecule has 1 N–H and O–H groups in total. The molecule has 3 aromatic rings. The predicted molar refractivity (Wildman–Crippen MR) is 111 cm³/mol. The van der Waals surface area contributed by atoms with Crippen LogP contribution in [0.2, 0.25) is 0 Å². The standard InChI is InChI=1S/C23H23FN2O5/c1-13-8-9-18(11-21(13)24)25-22(27)16(4)30-23(28)17-6-5-7-19(10-17)29-12-20-14(2)26-31-15(20)3/h5-11,16H,12H2,1-4H3,(H,25,27). The molecule has 1 unspecified atom stereocenters. The van der Waals surface area contributed by atoms with Crippen molar-refractivity contribution in [2.45, 2.75) is 40.4 Å². The van der Waals surface area contributed by atoms with Gasteiger partial charge in [0.2, 0.25) is 0 Å². The number of aromatic nitrogens is 1. The first-order chi connectivity index (χ1) is 14.7. The lowest BCUT2D eigenvalue weighted by Crippen LogP contribution is -2.30. The lowest BCUT2D eigenvalue weighted by Gasteiger charge is -2.14. The minimum Gasteiger partial charge on any atom is -0.489 e. The van der Waals surface area contributed by atoms with E-state index in [2.05, 4.69) is 10.5 Å². The summed E-state index contributed by atoms with van der Waals surface area (Å²) in [7, 11) is 0. The molecule has 0 aliphatic heterocycles. The molecule has 0 saturated heterocycles. The van der Waals surface area contributed by atoms with E-state index in [9.17, 15) is 14.0 Å². The Hall–Kier alpha value is -3.68. The van der Waals surface area contributed by atoms with E-state index < -0.39 is 23.8 Å². The van der Waals surface area contributed by atoms with Gasteiger partial charge in [-0.2, -0.15) is 0 Å². The fraction of sp³-hybridized carbons (Fsp3) is 0.261. The molecular weight excluding hydrogens is 403 g/mol. The fourth-order valence-electron chi connectivity index (χ4n) is 2.77. The summed E-state index contributed by atoms with van der Waals surface area (Å²) in [5.74, 6) is -0.554. The molecule has 7 nitrogen and oxygen atoms in total. The number of carbonyl (C=O) groups excluding carboxylic acids is 2. The van der Waals surface area contributed by atoms with E-state index in [0.717, 1.165) is 11.3 Å². The molecule has 0 bridgehead atoms. The largest absolute Gasteiger partial charge is 0.489 e. The smallest absolute Gasteiger partial charge is 0.339 e. The lowest BCUT2D eigenvalue weighted by atomic mass is 10.2. The topological polar surface area (TPSA) is 90.7 Å². The summed E-state index contributed by atoms with van der Waals surface area (Å²) in [6.07, 6.45) is -1.08. The number of ether oxygens (including phenoxy) is 2. The average molecular weight is 426 g/mol. The van der Waals surface area contributed by atoms with Crippen molar-refractivity contribution in [1.29, 1.82) is 0 Å². The number of aryl methyl sites for hydroxylation is 3. The maximum atomic E-state index is 13.6. The van der Waals surface area contributed by atoms with Crippen LogP contribution in [0, 0.1) is 26.6 Å². The number of rotatable bonds is 7. The van der Waals surface area contributed by atoms with Crippen LogP contribution in [0.25, 0.3) is 0 Å². The Morgan fingerprint density at radius 3 is 2.61 bits per heavy atom. The molecule has 0 saturated carbocycles. The zero-order valence-electron chi connectivity index (χ0n) is 17.7. The van der Waals surface area contributed by atoms with Crippen LogP contribution >= 0.6 is 0 Å². The SMILES string of the molecule is Cc1ccc(NC(=O)C(C)OC(=O)c2cccc(OCc3c(C)noc3C)c2)cc1F. The number of benzene rings is 2. The molecule has 1 atom stereocenters. The summed E-state index contributed by atoms with van der Waals surface area (Å²) in [6, 6.07) is 10.8. The highest BCUT2D eigenvalue weighted by atomic mass is 19.1. The molecule has 1 heterocycles. The first-order valence-corrected chi connectivity index (χ1v) is 9.67. The van der Waals surface area contributed by atoms with Gasteiger partial charge in [-0.15, -0.1) is 0 Å². The monoisotopic (exact) mass is 426 g/mol. The second-order valence-corrected chi connectivity index (χ2v) is 7.12. The van der Waals surface area contributed by atoms with Gasteiger partial charge in [-0.3, -0.25) is 4.79 Å². The van der Waals surface area contributed by atoms with Gasteiger partial charge in [-0.1, -0.05) is 17.3 Å². The highest BCUT2D eigenvalue weighted by Gasteiger charge is 2.20. The van der Waals surface area contributed by atoms with Gasteiger partial charge in [0.05, 0.1) is 16.8 Å². The zero-order valence-corrected chi connectivity index (χ0v) is 17.7. The second kappa shape index (κ2) is 9.42. The first-order valence-electron chi connectivity index (χ1n) is 9.67. The summed E-state index contributed by atoms with van der Waals surface area (Å²) < 4.78 is 29.7. The van der Waals surface area contributed by atoms with Gasteiger partial charge in [0.1, 0.15) is 23.9 Å². The lowest BCUT2D eigenvalue weighted by molar-refractivity contribution is -0.123. The van der Waals surface area contributed by atoms with Crippen LogP contribution in [-0.4, -0.2) is 23.1 Å². The number of anilines is 1. The summed E-state index contributed by atoms with van der Waals surface area (Å²) in [5, 5.41) is 6.40. The maximum Gasteiger partial charge on any atom is 0.339 e. The van der Waals surface area contributed by atoms with Gasteiger partial charge < -0.3 is 19.3 Å². The van der Waals surface area contributed by atoms with E-state index >= 15 is 0 Å². The fourth-order valence-corrected chi connectivity index (χ4v) is 2.77. The number of carbonyl (C=O) groups is 2. The molecule has 0 aliphatic carbocycles. The Bertz CT molecular complexity index is 1090. The molecule has 2 aromatic carbocycles. The van der Waals surface area contributed by atoms with Crippen molar-refractivity contribution < 1.29 is 28.0 Å². The highest BCUT2D eigenvalue weighted by molar-refractivity contribution is 5.97. The highest BCUT2D eigenvalue weighted by Crippen LogP contribution is 2.20. The first kappa shape index (κ1) is 22.0. The van der Waals surface area contributed by atoms with Gasteiger partial charge in [-0.05, 0) is 63.6 Å². The summed E-state index contributed by atoms with van der Waals surface area (Å²) in [6.45, 7) is 6.92. The molecule has 8 heteroatoms. The van der Waals surface area contributed by atoms with Crippen LogP contribution in [-0.2, 0) is 16.1 Å². The number of hydrogen-bond donors (Lipinski definition) is 1. The molecular formula is C23H23FN2O5. The molecule has 3 rings (SSSR count). The van der Waals surface area contributed by atoms with Crippen molar-refractivity contribution in [3.63, 3.8) is 0 Å². The van der Waals surface area contributed by atoms with Crippen molar-refractivity contribution in [2.24, 2.45) is 0 Å². The van der Waals surface area contributed by atoms with Gasteiger partial charge in [0, 0.05) is 5.69 Å².